The van der Waals surface area contributed by atoms with Gasteiger partial charge in [0.25, 0.3) is 0 Å². The fourth-order valence-corrected chi connectivity index (χ4v) is 3.90. The van der Waals surface area contributed by atoms with Crippen molar-refractivity contribution < 1.29 is 4.74 Å². The van der Waals surface area contributed by atoms with Gasteiger partial charge >= 0.3 is 0 Å². The third-order valence-electron chi connectivity index (χ3n) is 4.41. The summed E-state index contributed by atoms with van der Waals surface area (Å²) < 4.78 is 8.06. The predicted octanol–water partition coefficient (Wildman–Crippen LogP) is 1.01. The maximum absolute atomic E-state index is 5.97. The van der Waals surface area contributed by atoms with Crippen molar-refractivity contribution in [2.75, 3.05) is 40.3 Å². The molecule has 0 aliphatic carbocycles. The summed E-state index contributed by atoms with van der Waals surface area (Å²) in [6, 6.07) is 0.320. The van der Waals surface area contributed by atoms with E-state index in [4.69, 9.17) is 4.74 Å². The first-order valence-corrected chi connectivity index (χ1v) is 7.82. The lowest BCUT2D eigenvalue weighted by molar-refractivity contribution is -0.0705. The number of ether oxygens (including phenoxy) is 1. The molecule has 0 unspecified atom stereocenters. The van der Waals surface area contributed by atoms with E-state index in [-0.39, 0.29) is 5.41 Å². The van der Waals surface area contributed by atoms with Crippen LogP contribution < -0.4 is 0 Å². The van der Waals surface area contributed by atoms with Crippen molar-refractivity contribution in [3.8, 4) is 0 Å². The van der Waals surface area contributed by atoms with E-state index in [1.807, 2.05) is 6.20 Å². The van der Waals surface area contributed by atoms with E-state index in [9.17, 15) is 0 Å². The second kappa shape index (κ2) is 5.66. The van der Waals surface area contributed by atoms with Crippen LogP contribution in [0.1, 0.15) is 32.0 Å². The number of aromatic nitrogens is 3. The second-order valence-electron chi connectivity index (χ2n) is 7.51. The lowest BCUT2D eigenvalue weighted by Gasteiger charge is -2.43. The molecule has 0 spiro atoms. The lowest BCUT2D eigenvalue weighted by Crippen LogP contribution is -2.51. The van der Waals surface area contributed by atoms with Gasteiger partial charge in [0.05, 0.1) is 30.6 Å². The summed E-state index contributed by atoms with van der Waals surface area (Å²) in [4.78, 5) is 4.83. The van der Waals surface area contributed by atoms with Crippen molar-refractivity contribution in [3.63, 3.8) is 0 Å². The summed E-state index contributed by atoms with van der Waals surface area (Å²) in [7, 11) is 4.29. The number of likely N-dealkylation sites (tertiary alicyclic amines) is 1. The highest BCUT2D eigenvalue weighted by molar-refractivity contribution is 5.01. The van der Waals surface area contributed by atoms with Crippen LogP contribution >= 0.6 is 0 Å². The SMILES string of the molecule is CN(C)CC(C)(C)CN1CC[C@H]2OCc3cnnn3[C@H]2C1. The summed E-state index contributed by atoms with van der Waals surface area (Å²) in [6.07, 6.45) is 3.21. The fourth-order valence-electron chi connectivity index (χ4n) is 3.90. The van der Waals surface area contributed by atoms with E-state index < -0.39 is 0 Å². The Morgan fingerprint density at radius 2 is 2.24 bits per heavy atom. The fraction of sp³-hybridized carbons (Fsp3) is 0.867. The normalized spacial score (nSPS) is 26.7. The first-order valence-electron chi connectivity index (χ1n) is 7.82. The van der Waals surface area contributed by atoms with Crippen LogP contribution in [0.3, 0.4) is 0 Å². The smallest absolute Gasteiger partial charge is 0.0929 e. The molecule has 0 radical (unpaired) electrons. The predicted molar refractivity (Wildman–Crippen MR) is 81.0 cm³/mol. The van der Waals surface area contributed by atoms with E-state index in [0.29, 0.717) is 18.8 Å². The molecule has 1 saturated heterocycles. The Labute approximate surface area is 127 Å². The molecule has 2 atom stereocenters. The van der Waals surface area contributed by atoms with Crippen LogP contribution in [0.25, 0.3) is 0 Å². The zero-order valence-electron chi connectivity index (χ0n) is 13.6. The quantitative estimate of drug-likeness (QED) is 0.829. The van der Waals surface area contributed by atoms with Crippen molar-refractivity contribution in [2.24, 2.45) is 5.41 Å². The molecule has 6 nitrogen and oxygen atoms in total. The van der Waals surface area contributed by atoms with E-state index in [2.05, 4.69) is 52.7 Å². The minimum absolute atomic E-state index is 0.289. The average Bonchev–Trinajstić information content (AvgIpc) is 2.85. The first-order chi connectivity index (χ1) is 9.94. The van der Waals surface area contributed by atoms with Crippen LogP contribution in [0.2, 0.25) is 0 Å². The van der Waals surface area contributed by atoms with Gasteiger partial charge in [-0.1, -0.05) is 19.1 Å². The van der Waals surface area contributed by atoms with Crippen LogP contribution in [-0.4, -0.2) is 71.2 Å². The molecule has 1 fully saturated rings. The molecule has 0 aromatic carbocycles. The molecular formula is C15H27N5O. The van der Waals surface area contributed by atoms with Crippen molar-refractivity contribution in [1.29, 1.82) is 0 Å². The van der Waals surface area contributed by atoms with Crippen molar-refractivity contribution in [2.45, 2.75) is 39.0 Å². The van der Waals surface area contributed by atoms with Gasteiger partial charge in [0.1, 0.15) is 0 Å². The number of piperidine rings is 1. The Morgan fingerprint density at radius 3 is 3.00 bits per heavy atom. The standard InChI is InChI=1S/C15H27N5O/c1-15(2,10-18(3)4)11-19-6-5-14-13(8-19)20-12(9-21-14)7-16-17-20/h7,13-14H,5-6,8-11H2,1-4H3/t13-,14+/m0/s1. The summed E-state index contributed by atoms with van der Waals surface area (Å²) in [5.74, 6) is 0. The highest BCUT2D eigenvalue weighted by atomic mass is 16.5. The van der Waals surface area contributed by atoms with E-state index >= 15 is 0 Å². The summed E-state index contributed by atoms with van der Waals surface area (Å²) in [6.45, 7) is 9.68. The maximum atomic E-state index is 5.97. The first kappa shape index (κ1) is 14.9. The third-order valence-corrected chi connectivity index (χ3v) is 4.41. The van der Waals surface area contributed by atoms with Crippen LogP contribution in [0.4, 0.5) is 0 Å². The third kappa shape index (κ3) is 3.27. The largest absolute Gasteiger partial charge is 0.370 e. The van der Waals surface area contributed by atoms with Gasteiger partial charge in [0.2, 0.25) is 0 Å². The van der Waals surface area contributed by atoms with E-state index in [1.54, 1.807) is 0 Å². The highest BCUT2D eigenvalue weighted by Crippen LogP contribution is 2.31. The molecule has 3 heterocycles. The van der Waals surface area contributed by atoms with Gasteiger partial charge in [-0.05, 0) is 25.9 Å². The molecule has 0 bridgehead atoms. The Bertz CT molecular complexity index is 484. The Balaban J connectivity index is 1.67. The summed E-state index contributed by atoms with van der Waals surface area (Å²) >= 11 is 0. The number of fused-ring (bicyclic) bond motifs is 3. The Morgan fingerprint density at radius 1 is 1.43 bits per heavy atom. The Hall–Kier alpha value is -0.980. The highest BCUT2D eigenvalue weighted by Gasteiger charge is 2.37. The van der Waals surface area contributed by atoms with Crippen LogP contribution in [0.15, 0.2) is 6.20 Å². The van der Waals surface area contributed by atoms with Crippen molar-refractivity contribution >= 4 is 0 Å². The van der Waals surface area contributed by atoms with Crippen LogP contribution in [-0.2, 0) is 11.3 Å². The number of nitrogens with zero attached hydrogens (tertiary/aromatic N) is 5. The lowest BCUT2D eigenvalue weighted by atomic mass is 9.90. The minimum Gasteiger partial charge on any atom is -0.370 e. The van der Waals surface area contributed by atoms with Gasteiger partial charge < -0.3 is 14.5 Å². The number of rotatable bonds is 4. The van der Waals surface area contributed by atoms with Gasteiger partial charge in [0.15, 0.2) is 0 Å². The van der Waals surface area contributed by atoms with Crippen LogP contribution in [0.5, 0.6) is 0 Å². The molecule has 0 saturated carbocycles. The van der Waals surface area contributed by atoms with Gasteiger partial charge in [-0.15, -0.1) is 5.10 Å². The van der Waals surface area contributed by atoms with Gasteiger partial charge in [0, 0.05) is 26.2 Å². The molecule has 2 aliphatic heterocycles. The zero-order chi connectivity index (χ0) is 15.0. The molecule has 0 amide bonds. The number of hydrogen-bond donors (Lipinski definition) is 0. The second-order valence-corrected chi connectivity index (χ2v) is 7.51. The number of hydrogen-bond acceptors (Lipinski definition) is 5. The maximum Gasteiger partial charge on any atom is 0.0929 e. The summed E-state index contributed by atoms with van der Waals surface area (Å²) in [5, 5.41) is 8.31. The topological polar surface area (TPSA) is 46.4 Å². The molecule has 21 heavy (non-hydrogen) atoms. The van der Waals surface area contributed by atoms with E-state index in [1.165, 1.54) is 0 Å². The van der Waals surface area contributed by atoms with Crippen molar-refractivity contribution in [3.05, 3.63) is 11.9 Å². The molecule has 1 aromatic heterocycles. The molecule has 0 N–H and O–H groups in total. The van der Waals surface area contributed by atoms with Crippen molar-refractivity contribution in [1.82, 2.24) is 24.8 Å². The molecular weight excluding hydrogens is 266 g/mol. The monoisotopic (exact) mass is 293 g/mol. The van der Waals surface area contributed by atoms with Gasteiger partial charge in [-0.2, -0.15) is 0 Å². The van der Waals surface area contributed by atoms with Gasteiger partial charge in [-0.25, -0.2) is 4.68 Å². The van der Waals surface area contributed by atoms with Crippen LogP contribution in [0, 0.1) is 5.41 Å². The molecule has 118 valence electrons. The molecule has 1 aromatic rings. The van der Waals surface area contributed by atoms with Gasteiger partial charge in [-0.3, -0.25) is 0 Å². The Kier molecular flexibility index (Phi) is 4.03. The molecule has 2 aliphatic rings. The van der Waals surface area contributed by atoms with E-state index in [0.717, 1.165) is 38.3 Å². The zero-order valence-corrected chi connectivity index (χ0v) is 13.6. The summed E-state index contributed by atoms with van der Waals surface area (Å²) in [5.41, 5.74) is 1.39. The average molecular weight is 293 g/mol. The molecule has 3 rings (SSSR count). The minimum atomic E-state index is 0.289. The molecule has 6 heteroatoms.